The van der Waals surface area contributed by atoms with Gasteiger partial charge in [0.25, 0.3) is 0 Å². The number of nitrogens with one attached hydrogen (secondary N) is 1. The lowest BCUT2D eigenvalue weighted by Crippen LogP contribution is -2.47. The van der Waals surface area contributed by atoms with E-state index in [9.17, 15) is 5.11 Å². The molecule has 1 saturated carbocycles. The van der Waals surface area contributed by atoms with Crippen molar-refractivity contribution in [2.75, 3.05) is 13.2 Å². The van der Waals surface area contributed by atoms with E-state index in [4.69, 9.17) is 4.74 Å². The minimum absolute atomic E-state index is 0.128. The van der Waals surface area contributed by atoms with Gasteiger partial charge >= 0.3 is 0 Å². The Kier molecular flexibility index (Phi) is 4.51. The Morgan fingerprint density at radius 3 is 3.00 bits per heavy atom. The number of hydrogen-bond donors (Lipinski definition) is 2. The van der Waals surface area contributed by atoms with Crippen molar-refractivity contribution in [1.29, 1.82) is 0 Å². The Hall–Kier alpha value is -1.06. The molecule has 0 aromatic heterocycles. The first-order chi connectivity index (χ1) is 10.2. The van der Waals surface area contributed by atoms with Gasteiger partial charge in [0.05, 0.1) is 6.61 Å². The van der Waals surface area contributed by atoms with E-state index in [0.717, 1.165) is 38.0 Å². The third-order valence-corrected chi connectivity index (χ3v) is 4.99. The van der Waals surface area contributed by atoms with E-state index in [1.165, 1.54) is 30.4 Å². The number of aliphatic hydroxyl groups is 1. The van der Waals surface area contributed by atoms with Crippen molar-refractivity contribution < 1.29 is 9.84 Å². The molecule has 3 rings (SSSR count). The molecule has 1 aromatic carbocycles. The molecule has 0 bridgehead atoms. The van der Waals surface area contributed by atoms with Crippen LogP contribution < -0.4 is 10.1 Å². The Morgan fingerprint density at radius 1 is 1.33 bits per heavy atom. The Balaban J connectivity index is 1.61. The summed E-state index contributed by atoms with van der Waals surface area (Å²) in [5, 5.41) is 13.3. The van der Waals surface area contributed by atoms with Gasteiger partial charge in [-0.1, -0.05) is 13.0 Å². The summed E-state index contributed by atoms with van der Waals surface area (Å²) in [6, 6.07) is 6.56. The minimum Gasteiger partial charge on any atom is -0.490 e. The highest BCUT2D eigenvalue weighted by Gasteiger charge is 2.39. The second-order valence-electron chi connectivity index (χ2n) is 6.63. The van der Waals surface area contributed by atoms with E-state index in [-0.39, 0.29) is 18.2 Å². The molecular weight excluding hydrogens is 262 g/mol. The molecule has 1 fully saturated rings. The fraction of sp³-hybridized carbons (Fsp3) is 0.667. The van der Waals surface area contributed by atoms with Crippen molar-refractivity contribution in [3.05, 3.63) is 29.3 Å². The number of benzene rings is 1. The summed E-state index contributed by atoms with van der Waals surface area (Å²) >= 11 is 0. The highest BCUT2D eigenvalue weighted by atomic mass is 16.5. The minimum atomic E-state index is -0.128. The zero-order chi connectivity index (χ0) is 14.7. The standard InChI is InChI=1S/C18H27NO2/c1-2-10-19-18(13-20)9-8-17(12-18)21-16-7-6-14-4-3-5-15(14)11-16/h6-7,11,17,19-20H,2-5,8-10,12-13H2,1H3. The molecule has 2 unspecified atom stereocenters. The fourth-order valence-electron chi connectivity index (χ4n) is 3.74. The molecule has 3 heteroatoms. The van der Waals surface area contributed by atoms with Gasteiger partial charge in [0.2, 0.25) is 0 Å². The average molecular weight is 289 g/mol. The van der Waals surface area contributed by atoms with Gasteiger partial charge < -0.3 is 15.2 Å². The summed E-state index contributed by atoms with van der Waals surface area (Å²) in [5.74, 6) is 1.00. The molecule has 2 N–H and O–H groups in total. The van der Waals surface area contributed by atoms with Crippen LogP contribution in [0.5, 0.6) is 5.75 Å². The SMILES string of the molecule is CCCNC1(CO)CCC(Oc2ccc3c(c2)CCC3)C1. The summed E-state index contributed by atoms with van der Waals surface area (Å²) in [7, 11) is 0. The molecule has 1 aromatic rings. The molecular formula is C18H27NO2. The number of ether oxygens (including phenoxy) is 1. The van der Waals surface area contributed by atoms with Crippen LogP contribution in [-0.4, -0.2) is 29.9 Å². The smallest absolute Gasteiger partial charge is 0.120 e. The largest absolute Gasteiger partial charge is 0.490 e. The van der Waals surface area contributed by atoms with E-state index in [1.54, 1.807) is 0 Å². The highest BCUT2D eigenvalue weighted by molar-refractivity contribution is 5.38. The predicted molar refractivity (Wildman–Crippen MR) is 84.8 cm³/mol. The zero-order valence-corrected chi connectivity index (χ0v) is 13.0. The summed E-state index contributed by atoms with van der Waals surface area (Å²) in [5.41, 5.74) is 2.82. The van der Waals surface area contributed by atoms with Crippen molar-refractivity contribution in [3.63, 3.8) is 0 Å². The third kappa shape index (κ3) is 3.24. The molecule has 2 aliphatic carbocycles. The van der Waals surface area contributed by atoms with Gasteiger partial charge in [0.15, 0.2) is 0 Å². The van der Waals surface area contributed by atoms with Gasteiger partial charge in [-0.25, -0.2) is 0 Å². The van der Waals surface area contributed by atoms with Crippen LogP contribution in [0.3, 0.4) is 0 Å². The van der Waals surface area contributed by atoms with Gasteiger partial charge in [0.1, 0.15) is 11.9 Å². The van der Waals surface area contributed by atoms with E-state index >= 15 is 0 Å². The van der Waals surface area contributed by atoms with Gasteiger partial charge in [-0.15, -0.1) is 0 Å². The first-order valence-corrected chi connectivity index (χ1v) is 8.39. The summed E-state index contributed by atoms with van der Waals surface area (Å²) < 4.78 is 6.19. The molecule has 0 saturated heterocycles. The molecule has 21 heavy (non-hydrogen) atoms. The molecule has 0 spiro atoms. The molecule has 2 atom stereocenters. The van der Waals surface area contributed by atoms with E-state index in [2.05, 4.69) is 30.4 Å². The maximum absolute atomic E-state index is 9.74. The summed E-state index contributed by atoms with van der Waals surface area (Å²) in [6.45, 7) is 3.33. The predicted octanol–water partition coefficient (Wildman–Crippen LogP) is 2.84. The van der Waals surface area contributed by atoms with Gasteiger partial charge in [-0.3, -0.25) is 0 Å². The van der Waals surface area contributed by atoms with E-state index in [1.807, 2.05) is 0 Å². The summed E-state index contributed by atoms with van der Waals surface area (Å²) in [4.78, 5) is 0. The molecule has 0 aliphatic heterocycles. The maximum atomic E-state index is 9.74. The van der Waals surface area contributed by atoms with Crippen molar-refractivity contribution in [3.8, 4) is 5.75 Å². The zero-order valence-electron chi connectivity index (χ0n) is 13.0. The summed E-state index contributed by atoms with van der Waals surface area (Å²) in [6.07, 6.45) is 7.92. The van der Waals surface area contributed by atoms with Crippen molar-refractivity contribution in [1.82, 2.24) is 5.32 Å². The van der Waals surface area contributed by atoms with Gasteiger partial charge in [-0.2, -0.15) is 0 Å². The maximum Gasteiger partial charge on any atom is 0.120 e. The lowest BCUT2D eigenvalue weighted by atomic mass is 9.98. The fourth-order valence-corrected chi connectivity index (χ4v) is 3.74. The molecule has 2 aliphatic rings. The van der Waals surface area contributed by atoms with Crippen LogP contribution >= 0.6 is 0 Å². The lowest BCUT2D eigenvalue weighted by Gasteiger charge is -2.28. The van der Waals surface area contributed by atoms with Crippen molar-refractivity contribution in [2.45, 2.75) is 63.5 Å². The van der Waals surface area contributed by atoms with E-state index < -0.39 is 0 Å². The molecule has 0 amide bonds. The second kappa shape index (κ2) is 6.37. The number of fused-ring (bicyclic) bond motifs is 1. The quantitative estimate of drug-likeness (QED) is 0.846. The lowest BCUT2D eigenvalue weighted by molar-refractivity contribution is 0.140. The number of hydrogen-bond acceptors (Lipinski definition) is 3. The van der Waals surface area contributed by atoms with Crippen LogP contribution in [-0.2, 0) is 12.8 Å². The number of rotatable bonds is 6. The number of aryl methyl sites for hydroxylation is 2. The molecule has 3 nitrogen and oxygen atoms in total. The monoisotopic (exact) mass is 289 g/mol. The van der Waals surface area contributed by atoms with Gasteiger partial charge in [-0.05, 0) is 68.3 Å². The highest BCUT2D eigenvalue weighted by Crippen LogP contribution is 2.34. The second-order valence-corrected chi connectivity index (χ2v) is 6.63. The van der Waals surface area contributed by atoms with Crippen molar-refractivity contribution >= 4 is 0 Å². The first-order valence-electron chi connectivity index (χ1n) is 8.39. The number of aliphatic hydroxyl groups excluding tert-OH is 1. The molecule has 0 radical (unpaired) electrons. The van der Waals surface area contributed by atoms with Crippen LogP contribution in [0.1, 0.15) is 50.2 Å². The Bertz CT molecular complexity index is 488. The van der Waals surface area contributed by atoms with Crippen LogP contribution in [0.15, 0.2) is 18.2 Å². The average Bonchev–Trinajstić information content (AvgIpc) is 3.12. The Morgan fingerprint density at radius 2 is 2.19 bits per heavy atom. The topological polar surface area (TPSA) is 41.5 Å². The van der Waals surface area contributed by atoms with Crippen LogP contribution in [0.2, 0.25) is 0 Å². The third-order valence-electron chi connectivity index (χ3n) is 4.99. The van der Waals surface area contributed by atoms with Crippen molar-refractivity contribution in [2.24, 2.45) is 0 Å². The van der Waals surface area contributed by atoms with Crippen LogP contribution in [0, 0.1) is 0 Å². The Labute approximate surface area is 127 Å². The molecule has 0 heterocycles. The normalized spacial score (nSPS) is 27.8. The molecule has 116 valence electrons. The van der Waals surface area contributed by atoms with E-state index in [0.29, 0.717) is 0 Å². The van der Waals surface area contributed by atoms with Crippen LogP contribution in [0.4, 0.5) is 0 Å². The van der Waals surface area contributed by atoms with Gasteiger partial charge in [0, 0.05) is 12.0 Å². The first kappa shape index (κ1) is 14.9. The van der Waals surface area contributed by atoms with Crippen LogP contribution in [0.25, 0.3) is 0 Å².